The zero-order chi connectivity index (χ0) is 10.8. The summed E-state index contributed by atoms with van der Waals surface area (Å²) in [6.07, 6.45) is 0.887. The molecule has 1 aliphatic heterocycles. The van der Waals surface area contributed by atoms with Gasteiger partial charge in [-0.3, -0.25) is 4.79 Å². The third kappa shape index (κ3) is 2.21. The van der Waals surface area contributed by atoms with Gasteiger partial charge < -0.3 is 10.4 Å². The Morgan fingerprint density at radius 1 is 1.40 bits per heavy atom. The first-order chi connectivity index (χ1) is 7.18. The minimum atomic E-state index is -0.764. The zero-order valence-electron chi connectivity index (χ0n) is 8.11. The second kappa shape index (κ2) is 4.33. The maximum Gasteiger partial charge on any atom is 0.321 e. The smallest absolute Gasteiger partial charge is 0.321 e. The predicted octanol–water partition coefficient (Wildman–Crippen LogP) is 1.98. The Balaban J connectivity index is 2.22. The molecule has 0 radical (unpaired) electrons. The van der Waals surface area contributed by atoms with Crippen LogP contribution in [0, 0.1) is 0 Å². The molecule has 2 unspecified atom stereocenters. The number of nitrogens with one attached hydrogen (secondary N) is 1. The topological polar surface area (TPSA) is 49.3 Å². The number of carboxylic acids is 1. The number of carboxylic acid groups (broad SMARTS) is 1. The molecule has 2 atom stereocenters. The van der Waals surface area contributed by atoms with Crippen molar-refractivity contribution in [1.82, 2.24) is 5.32 Å². The molecule has 1 aliphatic rings. The van der Waals surface area contributed by atoms with Crippen molar-refractivity contribution in [1.29, 1.82) is 0 Å². The standard InChI is InChI=1S/C11H12BrNO2/c12-8-3-1-7(2-4-8)9-5-6-13-10(9)11(14)15/h1-4,9-10,13H,5-6H2,(H,14,15). The van der Waals surface area contributed by atoms with Crippen LogP contribution in [0.4, 0.5) is 0 Å². The molecule has 0 spiro atoms. The molecule has 15 heavy (non-hydrogen) atoms. The Labute approximate surface area is 96.6 Å². The third-order valence-electron chi connectivity index (χ3n) is 2.79. The summed E-state index contributed by atoms with van der Waals surface area (Å²) in [5.41, 5.74) is 1.09. The number of hydrogen-bond acceptors (Lipinski definition) is 2. The van der Waals surface area contributed by atoms with Crippen LogP contribution in [0.25, 0.3) is 0 Å². The highest BCUT2D eigenvalue weighted by molar-refractivity contribution is 9.10. The van der Waals surface area contributed by atoms with Crippen LogP contribution in [-0.4, -0.2) is 23.7 Å². The molecule has 1 aromatic rings. The van der Waals surface area contributed by atoms with Crippen LogP contribution in [0.5, 0.6) is 0 Å². The van der Waals surface area contributed by atoms with E-state index in [1.54, 1.807) is 0 Å². The van der Waals surface area contributed by atoms with Crippen LogP contribution in [0.3, 0.4) is 0 Å². The van der Waals surface area contributed by atoms with Crippen molar-refractivity contribution in [2.75, 3.05) is 6.54 Å². The van der Waals surface area contributed by atoms with E-state index < -0.39 is 12.0 Å². The second-order valence-corrected chi connectivity index (χ2v) is 4.63. The van der Waals surface area contributed by atoms with Crippen molar-refractivity contribution in [2.24, 2.45) is 0 Å². The SMILES string of the molecule is O=C(O)C1NCCC1c1ccc(Br)cc1. The van der Waals surface area contributed by atoms with E-state index >= 15 is 0 Å². The summed E-state index contributed by atoms with van der Waals surface area (Å²) in [5, 5.41) is 12.0. The highest BCUT2D eigenvalue weighted by Gasteiger charge is 2.33. The average Bonchev–Trinajstić information content (AvgIpc) is 2.67. The van der Waals surface area contributed by atoms with Gasteiger partial charge in [0, 0.05) is 10.4 Å². The normalized spacial score (nSPS) is 25.4. The van der Waals surface area contributed by atoms with Gasteiger partial charge in [0.2, 0.25) is 0 Å². The Morgan fingerprint density at radius 2 is 2.07 bits per heavy atom. The van der Waals surface area contributed by atoms with Gasteiger partial charge in [-0.1, -0.05) is 28.1 Å². The van der Waals surface area contributed by atoms with Crippen LogP contribution >= 0.6 is 15.9 Å². The molecule has 1 aromatic carbocycles. The summed E-state index contributed by atoms with van der Waals surface area (Å²) in [6, 6.07) is 7.43. The molecule has 2 N–H and O–H groups in total. The Bertz CT molecular complexity index is 363. The monoisotopic (exact) mass is 269 g/mol. The molecule has 1 heterocycles. The van der Waals surface area contributed by atoms with Crippen molar-refractivity contribution < 1.29 is 9.90 Å². The van der Waals surface area contributed by atoms with Crippen LogP contribution in [-0.2, 0) is 4.79 Å². The van der Waals surface area contributed by atoms with Gasteiger partial charge in [0.15, 0.2) is 0 Å². The highest BCUT2D eigenvalue weighted by Crippen LogP contribution is 2.28. The second-order valence-electron chi connectivity index (χ2n) is 3.72. The van der Waals surface area contributed by atoms with Gasteiger partial charge >= 0.3 is 5.97 Å². The van der Waals surface area contributed by atoms with Crippen LogP contribution < -0.4 is 5.32 Å². The Morgan fingerprint density at radius 3 is 2.67 bits per heavy atom. The number of carbonyl (C=O) groups is 1. The lowest BCUT2D eigenvalue weighted by Crippen LogP contribution is -2.34. The molecule has 1 saturated heterocycles. The summed E-state index contributed by atoms with van der Waals surface area (Å²) in [6.45, 7) is 0.775. The van der Waals surface area contributed by atoms with E-state index in [0.29, 0.717) is 0 Å². The van der Waals surface area contributed by atoms with Crippen LogP contribution in [0.2, 0.25) is 0 Å². The van der Waals surface area contributed by atoms with Gasteiger partial charge in [-0.15, -0.1) is 0 Å². The fraction of sp³-hybridized carbons (Fsp3) is 0.364. The first-order valence-corrected chi connectivity index (χ1v) is 5.69. The van der Waals surface area contributed by atoms with E-state index in [1.807, 2.05) is 24.3 Å². The van der Waals surface area contributed by atoms with Crippen molar-refractivity contribution in [3.63, 3.8) is 0 Å². The summed E-state index contributed by atoms with van der Waals surface area (Å²) >= 11 is 3.37. The molecule has 0 bridgehead atoms. The molecule has 3 nitrogen and oxygen atoms in total. The van der Waals surface area contributed by atoms with E-state index in [4.69, 9.17) is 5.11 Å². The fourth-order valence-electron chi connectivity index (χ4n) is 2.03. The lowest BCUT2D eigenvalue weighted by atomic mass is 9.92. The number of halogens is 1. The van der Waals surface area contributed by atoms with Crippen molar-refractivity contribution >= 4 is 21.9 Å². The van der Waals surface area contributed by atoms with Crippen LogP contribution in [0.1, 0.15) is 17.9 Å². The van der Waals surface area contributed by atoms with E-state index in [0.717, 1.165) is 23.0 Å². The minimum absolute atomic E-state index is 0.0931. The molecule has 2 rings (SSSR count). The van der Waals surface area contributed by atoms with E-state index in [-0.39, 0.29) is 5.92 Å². The van der Waals surface area contributed by atoms with Crippen molar-refractivity contribution in [2.45, 2.75) is 18.4 Å². The van der Waals surface area contributed by atoms with Gasteiger partial charge in [0.25, 0.3) is 0 Å². The fourth-order valence-corrected chi connectivity index (χ4v) is 2.30. The molecular weight excluding hydrogens is 258 g/mol. The zero-order valence-corrected chi connectivity index (χ0v) is 9.70. The maximum absolute atomic E-state index is 11.0. The number of hydrogen-bond donors (Lipinski definition) is 2. The van der Waals surface area contributed by atoms with Gasteiger partial charge in [-0.2, -0.15) is 0 Å². The lowest BCUT2D eigenvalue weighted by molar-refractivity contribution is -0.139. The van der Waals surface area contributed by atoms with Gasteiger partial charge in [-0.05, 0) is 30.7 Å². The highest BCUT2D eigenvalue weighted by atomic mass is 79.9. The van der Waals surface area contributed by atoms with E-state index in [9.17, 15) is 4.79 Å². The average molecular weight is 270 g/mol. The van der Waals surface area contributed by atoms with Gasteiger partial charge in [0.1, 0.15) is 6.04 Å². The largest absolute Gasteiger partial charge is 0.480 e. The van der Waals surface area contributed by atoms with Crippen LogP contribution in [0.15, 0.2) is 28.7 Å². The summed E-state index contributed by atoms with van der Waals surface area (Å²) in [7, 11) is 0. The molecule has 80 valence electrons. The van der Waals surface area contributed by atoms with E-state index in [2.05, 4.69) is 21.2 Å². The molecule has 0 aromatic heterocycles. The van der Waals surface area contributed by atoms with Crippen molar-refractivity contribution in [3.05, 3.63) is 34.3 Å². The van der Waals surface area contributed by atoms with Crippen molar-refractivity contribution in [3.8, 4) is 0 Å². The maximum atomic E-state index is 11.0. The summed E-state index contributed by atoms with van der Waals surface area (Å²) in [5.74, 6) is -0.670. The number of benzene rings is 1. The molecule has 1 fully saturated rings. The quantitative estimate of drug-likeness (QED) is 0.863. The summed E-state index contributed by atoms with van der Waals surface area (Å²) < 4.78 is 1.02. The first kappa shape index (κ1) is 10.6. The molecular formula is C11H12BrNO2. The number of rotatable bonds is 2. The van der Waals surface area contributed by atoms with Gasteiger partial charge in [0.05, 0.1) is 0 Å². The van der Waals surface area contributed by atoms with E-state index in [1.165, 1.54) is 0 Å². The lowest BCUT2D eigenvalue weighted by Gasteiger charge is -2.15. The predicted molar refractivity (Wildman–Crippen MR) is 60.9 cm³/mol. The molecule has 0 amide bonds. The first-order valence-electron chi connectivity index (χ1n) is 4.90. The Kier molecular flexibility index (Phi) is 3.07. The molecule has 0 saturated carbocycles. The Hall–Kier alpha value is -0.870. The third-order valence-corrected chi connectivity index (χ3v) is 3.31. The minimum Gasteiger partial charge on any atom is -0.480 e. The molecule has 0 aliphatic carbocycles. The summed E-state index contributed by atoms with van der Waals surface area (Å²) in [4.78, 5) is 11.0. The molecule has 4 heteroatoms. The number of aliphatic carboxylic acids is 1. The van der Waals surface area contributed by atoms with Gasteiger partial charge in [-0.25, -0.2) is 0 Å².